The summed E-state index contributed by atoms with van der Waals surface area (Å²) in [4.78, 5) is 62.6. The van der Waals surface area contributed by atoms with Gasteiger partial charge in [-0.15, -0.1) is 0 Å². The van der Waals surface area contributed by atoms with Crippen LogP contribution >= 0.6 is 0 Å². The van der Waals surface area contributed by atoms with Crippen molar-refractivity contribution < 1.29 is 80.6 Å². The van der Waals surface area contributed by atoms with Crippen LogP contribution in [-0.2, 0) is 57.6 Å². The number of phenols is 1. The number of fused-ring (bicyclic) bond motifs is 4. The van der Waals surface area contributed by atoms with Crippen molar-refractivity contribution in [1.82, 2.24) is 9.80 Å². The van der Waals surface area contributed by atoms with E-state index in [-0.39, 0.29) is 41.2 Å². The Labute approximate surface area is 448 Å². The minimum atomic E-state index is -5.07. The number of alkyl halides is 3. The van der Waals surface area contributed by atoms with Gasteiger partial charge in [-0.3, -0.25) is 9.59 Å². The zero-order chi connectivity index (χ0) is 54.5. The molecule has 12 aliphatic rings. The molecule has 0 aromatic heterocycles. The van der Waals surface area contributed by atoms with Gasteiger partial charge in [-0.1, -0.05) is 52.0 Å². The highest BCUT2D eigenvalue weighted by atomic mass is 19.4. The number of carbonyl (C=O) groups excluding carboxylic acids is 3. The third-order valence-corrected chi connectivity index (χ3v) is 18.3. The fourth-order valence-electron chi connectivity index (χ4n) is 14.0. The third kappa shape index (κ3) is 11.2. The Bertz CT molecular complexity index is 2480. The van der Waals surface area contributed by atoms with E-state index in [2.05, 4.69) is 25.5 Å². The largest absolute Gasteiger partial charge is 0.508 e. The van der Waals surface area contributed by atoms with Crippen LogP contribution in [0.25, 0.3) is 12.2 Å². The number of hydrogen-bond acceptors (Lipinski definition) is 14. The van der Waals surface area contributed by atoms with Gasteiger partial charge in [0.15, 0.2) is 23.8 Å². The molecule has 2 aromatic carbocycles. The second kappa shape index (κ2) is 22.1. The van der Waals surface area contributed by atoms with Crippen LogP contribution in [0.5, 0.6) is 11.5 Å². The Hall–Kier alpha value is -4.60. The molecule has 10 aliphatic heterocycles. The normalized spacial score (nSPS) is 39.8. The molecule has 1 unspecified atom stereocenters. The van der Waals surface area contributed by atoms with Crippen LogP contribution in [-0.4, -0.2) is 113 Å². The number of aromatic hydroxyl groups is 1. The van der Waals surface area contributed by atoms with E-state index in [1.165, 1.54) is 0 Å². The maximum atomic E-state index is 12.6. The average Bonchev–Trinajstić information content (AvgIpc) is 4.31. The zero-order valence-corrected chi connectivity index (χ0v) is 45.0. The van der Waals surface area contributed by atoms with Crippen LogP contribution in [0.1, 0.15) is 130 Å². The van der Waals surface area contributed by atoms with Gasteiger partial charge in [0, 0.05) is 74.8 Å². The standard InChI is InChI=1S/C28H37NO6.C17H23F3O6.C13H15NO2/c1-18-6-12-23-19(2)25(32-26-28(23)22(18)14-15-27(3,33-26)34-35-28)31-21-10-7-20(8-11-21)9-13-24(30)29-16-4-5-17-29;1-8-4-5-11-9(2)12(22-13(21)17(18,19)20)23-14-16(11)10(8)6-7-15(3,24-14)25-26-16;15-12-6-3-11(4-7-12)5-8-13(16)14-9-1-2-10-14/h7-11,13,18-19,22-23,25-26H,4-6,12,14-17H2,1-3H3;8-12,14H,4-7H2,1-3H3;3-8,15H,1-2,9-10H2/b13-9+;;8-5+/t18-,19-,22+,23+,25+,26-,27+,28-;8-,9-,10+,11+,12?,14-,15+,16-;/m11./s1. The second-order valence-electron chi connectivity index (χ2n) is 23.5. The Balaban J connectivity index is 0.000000141. The lowest BCUT2D eigenvalue weighted by molar-refractivity contribution is -0.576. The van der Waals surface area contributed by atoms with Gasteiger partial charge in [0.05, 0.1) is 0 Å². The molecular formula is C58H75F3N2O14. The molecule has 2 saturated carbocycles. The highest BCUT2D eigenvalue weighted by Crippen LogP contribution is 2.62. The summed E-state index contributed by atoms with van der Waals surface area (Å²) in [6.45, 7) is 15.5. The third-order valence-electron chi connectivity index (χ3n) is 18.3. The molecule has 77 heavy (non-hydrogen) atoms. The van der Waals surface area contributed by atoms with E-state index in [9.17, 15) is 27.6 Å². The monoisotopic (exact) mass is 1080 g/mol. The molecule has 2 aromatic rings. The molecular weight excluding hydrogens is 1010 g/mol. The van der Waals surface area contributed by atoms with Gasteiger partial charge < -0.3 is 43.3 Å². The highest BCUT2D eigenvalue weighted by molar-refractivity contribution is 5.92. The SMILES string of the molecule is C[C@@H]1CC[C@H]2[C@@H](C)C(OC(=O)C(F)(F)F)O[C@@H]3O[C@]4(C)CC[C@@H]1[C@]32OO4.C[C@H]1[C@@H](Oc2ccc(/C=C/C(=O)N3CCCC3)cc2)O[C@@H]2O[C@]3(C)CC[C@H]4[C@H](C)CC[C@@H]1[C@@]24OO3.O=C(/C=C/c1ccc(O)cc1)N1CCCC1. The number of halogens is 3. The van der Waals surface area contributed by atoms with E-state index in [1.54, 1.807) is 56.3 Å². The Morgan fingerprint density at radius 3 is 1.48 bits per heavy atom. The molecule has 19 heteroatoms. The van der Waals surface area contributed by atoms with Crippen LogP contribution in [0.2, 0.25) is 0 Å². The maximum absolute atomic E-state index is 12.6. The minimum Gasteiger partial charge on any atom is -0.508 e. The molecule has 2 amide bonds. The summed E-state index contributed by atoms with van der Waals surface area (Å²) in [5.41, 5.74) is 0.413. The van der Waals surface area contributed by atoms with Crippen molar-refractivity contribution in [2.24, 2.45) is 47.3 Å². The van der Waals surface area contributed by atoms with Crippen molar-refractivity contribution >= 4 is 29.9 Å². The first-order valence-corrected chi connectivity index (χ1v) is 27.9. The van der Waals surface area contributed by atoms with Gasteiger partial charge in [-0.05, 0) is 149 Å². The first-order valence-electron chi connectivity index (χ1n) is 27.9. The van der Waals surface area contributed by atoms with E-state index in [0.29, 0.717) is 30.6 Å². The molecule has 1 N–H and O–H groups in total. The molecule has 14 rings (SSSR count). The van der Waals surface area contributed by atoms with Gasteiger partial charge in [0.2, 0.25) is 36.0 Å². The second-order valence-corrected chi connectivity index (χ2v) is 23.5. The molecule has 12 fully saturated rings. The number of amides is 2. The summed E-state index contributed by atoms with van der Waals surface area (Å²) in [5.74, 6) is -1.96. The topological polar surface area (TPSA) is 170 Å². The number of carbonyl (C=O) groups is 3. The first kappa shape index (κ1) is 55.7. The van der Waals surface area contributed by atoms with Gasteiger partial charge >= 0.3 is 12.1 Å². The number of rotatable bonds is 7. The average molecular weight is 1080 g/mol. The van der Waals surface area contributed by atoms with Crippen LogP contribution in [0.4, 0.5) is 13.2 Å². The summed E-state index contributed by atoms with van der Waals surface area (Å²) in [6, 6.07) is 14.6. The van der Waals surface area contributed by atoms with Gasteiger partial charge in [0.1, 0.15) is 11.5 Å². The molecule has 16 nitrogen and oxygen atoms in total. The van der Waals surface area contributed by atoms with Crippen molar-refractivity contribution in [3.63, 3.8) is 0 Å². The summed E-state index contributed by atoms with van der Waals surface area (Å²) < 4.78 is 73.6. The number of phenolic OH excluding ortho intramolecular Hbond substituents is 1. The lowest BCUT2D eigenvalue weighted by Gasteiger charge is -2.60. The van der Waals surface area contributed by atoms with E-state index in [4.69, 9.17) is 48.3 Å². The Kier molecular flexibility index (Phi) is 16.0. The smallest absolute Gasteiger partial charge is 0.491 e. The molecule has 10 saturated heterocycles. The van der Waals surface area contributed by atoms with Crippen LogP contribution < -0.4 is 4.74 Å². The maximum Gasteiger partial charge on any atom is 0.491 e. The number of esters is 1. The lowest BCUT2D eigenvalue weighted by atomic mass is 9.58. The number of hydrogen-bond donors (Lipinski definition) is 1. The van der Waals surface area contributed by atoms with Crippen molar-refractivity contribution in [2.45, 2.75) is 173 Å². The summed E-state index contributed by atoms with van der Waals surface area (Å²) in [6.07, 6.45) is 10.1. The predicted molar refractivity (Wildman–Crippen MR) is 271 cm³/mol. The van der Waals surface area contributed by atoms with Gasteiger partial charge in [0.25, 0.3) is 0 Å². The van der Waals surface area contributed by atoms with E-state index in [0.717, 1.165) is 107 Å². The molecule has 0 radical (unpaired) electrons. The summed E-state index contributed by atoms with van der Waals surface area (Å²) in [7, 11) is 0. The van der Waals surface area contributed by atoms with E-state index < -0.39 is 66.0 Å². The lowest BCUT2D eigenvalue weighted by Crippen LogP contribution is -2.70. The molecule has 10 heterocycles. The summed E-state index contributed by atoms with van der Waals surface area (Å²) in [5, 5.41) is 9.11. The number of nitrogens with zero attached hydrogens (tertiary/aromatic N) is 2. The Morgan fingerprint density at radius 1 is 0.597 bits per heavy atom. The molecule has 2 aliphatic carbocycles. The fraction of sp³-hybridized carbons (Fsp3) is 0.672. The quantitative estimate of drug-likeness (QED) is 0.158. The van der Waals surface area contributed by atoms with Crippen LogP contribution in [0, 0.1) is 47.3 Å². The van der Waals surface area contributed by atoms with Gasteiger partial charge in [-0.25, -0.2) is 24.3 Å². The molecule has 16 atom stereocenters. The summed E-state index contributed by atoms with van der Waals surface area (Å²) >= 11 is 0. The van der Waals surface area contributed by atoms with E-state index >= 15 is 0 Å². The van der Waals surface area contributed by atoms with Crippen LogP contribution in [0.15, 0.2) is 60.7 Å². The van der Waals surface area contributed by atoms with E-state index in [1.807, 2.05) is 47.1 Å². The first-order chi connectivity index (χ1) is 36.7. The molecule has 422 valence electrons. The highest BCUT2D eigenvalue weighted by Gasteiger charge is 2.71. The van der Waals surface area contributed by atoms with Crippen molar-refractivity contribution in [3.05, 3.63) is 71.8 Å². The Morgan fingerprint density at radius 2 is 1.03 bits per heavy atom. The van der Waals surface area contributed by atoms with Crippen LogP contribution in [0.3, 0.4) is 0 Å². The number of ether oxygens (including phenoxy) is 6. The number of benzene rings is 2. The fourth-order valence-corrected chi connectivity index (χ4v) is 14.0. The minimum absolute atomic E-state index is 0.0746. The van der Waals surface area contributed by atoms with Crippen molar-refractivity contribution in [1.29, 1.82) is 0 Å². The molecule has 2 spiro atoms. The molecule has 4 bridgehead atoms. The predicted octanol–water partition coefficient (Wildman–Crippen LogP) is 10.2. The van der Waals surface area contributed by atoms with Gasteiger partial charge in [-0.2, -0.15) is 13.2 Å². The van der Waals surface area contributed by atoms with Crippen molar-refractivity contribution in [3.8, 4) is 11.5 Å². The van der Waals surface area contributed by atoms with Crippen molar-refractivity contribution in [2.75, 3.05) is 26.2 Å². The number of likely N-dealkylation sites (tertiary alicyclic amines) is 2. The zero-order valence-electron chi connectivity index (χ0n) is 45.0.